The van der Waals surface area contributed by atoms with Crippen LogP contribution in [0.1, 0.15) is 22.5 Å². The highest BCUT2D eigenvalue weighted by Gasteiger charge is 2.40. The molecule has 38 heavy (non-hydrogen) atoms. The van der Waals surface area contributed by atoms with Crippen LogP contribution >= 0.6 is 11.6 Å². The molecule has 196 valence electrons. The average Bonchev–Trinajstić information content (AvgIpc) is 2.86. The highest BCUT2D eigenvalue weighted by Crippen LogP contribution is 2.28. The second-order valence-electron chi connectivity index (χ2n) is 8.93. The molecule has 0 radical (unpaired) electrons. The van der Waals surface area contributed by atoms with Gasteiger partial charge in [0.2, 0.25) is 0 Å². The Hall–Kier alpha value is -3.93. The summed E-state index contributed by atoms with van der Waals surface area (Å²) in [7, 11) is 0. The third-order valence-corrected chi connectivity index (χ3v) is 6.57. The maximum absolute atomic E-state index is 13.9. The molecule has 0 unspecified atom stereocenters. The number of rotatable bonds is 6. The highest BCUT2D eigenvalue weighted by molar-refractivity contribution is 6.31. The van der Waals surface area contributed by atoms with Gasteiger partial charge in [0.05, 0.1) is 30.7 Å². The van der Waals surface area contributed by atoms with Crippen LogP contribution in [0.5, 0.6) is 5.75 Å². The number of pyridine rings is 4. The van der Waals surface area contributed by atoms with Gasteiger partial charge in [-0.05, 0) is 31.5 Å². The molecule has 0 aliphatic carbocycles. The molecule has 5 rings (SSSR count). The zero-order chi connectivity index (χ0) is 27.2. The van der Waals surface area contributed by atoms with Crippen molar-refractivity contribution >= 4 is 11.6 Å². The molecule has 9 nitrogen and oxygen atoms in total. The van der Waals surface area contributed by atoms with E-state index in [9.17, 15) is 23.5 Å². The molecular weight excluding hydrogens is 522 g/mol. The molecule has 0 bridgehead atoms. The van der Waals surface area contributed by atoms with E-state index in [1.165, 1.54) is 33.7 Å². The van der Waals surface area contributed by atoms with Crippen LogP contribution in [0.4, 0.5) is 8.78 Å². The average molecular weight is 543 g/mol. The number of halogens is 3. The molecular formula is C26H21ClF2N4O5. The van der Waals surface area contributed by atoms with Crippen LogP contribution in [-0.4, -0.2) is 37.4 Å². The lowest BCUT2D eigenvalue weighted by atomic mass is 9.93. The molecule has 1 saturated heterocycles. The van der Waals surface area contributed by atoms with Crippen LogP contribution < -0.4 is 15.9 Å². The maximum atomic E-state index is 13.9. The molecule has 4 aromatic rings. The van der Waals surface area contributed by atoms with Crippen LogP contribution in [0.25, 0.3) is 11.5 Å². The maximum Gasteiger partial charge on any atom is 0.277 e. The highest BCUT2D eigenvalue weighted by atomic mass is 35.5. The Morgan fingerprint density at radius 3 is 2.58 bits per heavy atom. The van der Waals surface area contributed by atoms with Crippen LogP contribution in [0.3, 0.4) is 0 Å². The molecule has 0 atom stereocenters. The Morgan fingerprint density at radius 1 is 1.13 bits per heavy atom. The smallest absolute Gasteiger partial charge is 0.277 e. The predicted molar refractivity (Wildman–Crippen MR) is 133 cm³/mol. The number of aromatic nitrogens is 4. The molecule has 1 aliphatic heterocycles. The Balaban J connectivity index is 1.52. The van der Waals surface area contributed by atoms with Crippen LogP contribution in [0, 0.1) is 25.5 Å². The topological polar surface area (TPSA) is 108 Å². The fourth-order valence-electron chi connectivity index (χ4n) is 4.14. The summed E-state index contributed by atoms with van der Waals surface area (Å²) >= 11 is 6.34. The first kappa shape index (κ1) is 25.7. The minimum absolute atomic E-state index is 0.00255. The second kappa shape index (κ2) is 9.75. The third-order valence-electron chi connectivity index (χ3n) is 6.23. The second-order valence-corrected chi connectivity index (χ2v) is 9.30. The van der Waals surface area contributed by atoms with Crippen molar-refractivity contribution < 1.29 is 23.4 Å². The summed E-state index contributed by atoms with van der Waals surface area (Å²) in [5.74, 6) is -1.48. The van der Waals surface area contributed by atoms with E-state index in [4.69, 9.17) is 21.1 Å². The fourth-order valence-corrected chi connectivity index (χ4v) is 4.33. The fraction of sp³-hybridized carbons (Fsp3) is 0.231. The molecule has 0 aromatic carbocycles. The van der Waals surface area contributed by atoms with Gasteiger partial charge in [-0.2, -0.15) is 0 Å². The van der Waals surface area contributed by atoms with Gasteiger partial charge in [0.25, 0.3) is 11.1 Å². The van der Waals surface area contributed by atoms with E-state index >= 15 is 0 Å². The van der Waals surface area contributed by atoms with Gasteiger partial charge in [-0.25, -0.2) is 13.8 Å². The standard InChI is InChI=1S/C26H21ClF2N4O5/c1-14-9-31-22(32-5-3-4-17(24(32)34)26(36)12-37-13-26)8-20(14)33-15(2)6-21(23(27)25(33)35)38-11-19-18(29)7-16(28)10-30-19/h3-10,36H,11-13H2,1-2H3. The van der Waals surface area contributed by atoms with Gasteiger partial charge in [-0.15, -0.1) is 0 Å². The molecule has 0 amide bonds. The van der Waals surface area contributed by atoms with E-state index in [1.807, 2.05) is 0 Å². The van der Waals surface area contributed by atoms with Crippen molar-refractivity contribution in [1.82, 2.24) is 19.1 Å². The number of ether oxygens (including phenoxy) is 2. The SMILES string of the molecule is Cc1cnc(-n2cccc(C3(O)COC3)c2=O)cc1-n1c(C)cc(OCc2ncc(F)cc2F)c(Cl)c1=O. The van der Waals surface area contributed by atoms with Crippen molar-refractivity contribution in [2.24, 2.45) is 0 Å². The van der Waals surface area contributed by atoms with Gasteiger partial charge < -0.3 is 14.6 Å². The summed E-state index contributed by atoms with van der Waals surface area (Å²) in [6.45, 7) is 3.06. The summed E-state index contributed by atoms with van der Waals surface area (Å²) < 4.78 is 40.3. The summed E-state index contributed by atoms with van der Waals surface area (Å²) in [5, 5.41) is 10.3. The number of nitrogens with zero attached hydrogens (tertiary/aromatic N) is 4. The Labute approximate surface area is 219 Å². The van der Waals surface area contributed by atoms with Gasteiger partial charge in [0, 0.05) is 36.3 Å². The zero-order valence-corrected chi connectivity index (χ0v) is 21.0. The lowest BCUT2D eigenvalue weighted by Gasteiger charge is -2.36. The molecule has 0 saturated carbocycles. The molecule has 0 spiro atoms. The number of aliphatic hydroxyl groups is 1. The van der Waals surface area contributed by atoms with E-state index in [0.29, 0.717) is 23.0 Å². The summed E-state index contributed by atoms with van der Waals surface area (Å²) in [5.41, 5.74) is -0.938. The van der Waals surface area contributed by atoms with Crippen molar-refractivity contribution in [3.8, 4) is 17.3 Å². The number of hydrogen-bond donors (Lipinski definition) is 1. The van der Waals surface area contributed by atoms with Crippen molar-refractivity contribution in [3.63, 3.8) is 0 Å². The summed E-state index contributed by atoms with van der Waals surface area (Å²) in [6, 6.07) is 6.90. The molecule has 1 fully saturated rings. The van der Waals surface area contributed by atoms with E-state index in [0.717, 1.165) is 6.20 Å². The van der Waals surface area contributed by atoms with Gasteiger partial charge in [0.15, 0.2) is 5.82 Å². The summed E-state index contributed by atoms with van der Waals surface area (Å²) in [4.78, 5) is 34.5. The van der Waals surface area contributed by atoms with E-state index in [-0.39, 0.29) is 47.7 Å². The lowest BCUT2D eigenvalue weighted by molar-refractivity contribution is -0.185. The van der Waals surface area contributed by atoms with Gasteiger partial charge >= 0.3 is 0 Å². The summed E-state index contributed by atoms with van der Waals surface area (Å²) in [6.07, 6.45) is 3.88. The third kappa shape index (κ3) is 4.49. The van der Waals surface area contributed by atoms with Crippen molar-refractivity contribution in [3.05, 3.63) is 109 Å². The number of aryl methyl sites for hydroxylation is 2. The first-order valence-electron chi connectivity index (χ1n) is 11.4. The predicted octanol–water partition coefficient (Wildman–Crippen LogP) is 3.12. The minimum atomic E-state index is -1.36. The monoisotopic (exact) mass is 542 g/mol. The van der Waals surface area contributed by atoms with Gasteiger partial charge in [-0.3, -0.25) is 23.7 Å². The zero-order valence-electron chi connectivity index (χ0n) is 20.2. The minimum Gasteiger partial charge on any atom is -0.485 e. The molecule has 5 heterocycles. The van der Waals surface area contributed by atoms with Crippen LogP contribution in [-0.2, 0) is 16.9 Å². The van der Waals surface area contributed by atoms with Gasteiger partial charge in [-0.1, -0.05) is 11.6 Å². The van der Waals surface area contributed by atoms with E-state index < -0.39 is 28.4 Å². The Bertz CT molecular complexity index is 1680. The lowest BCUT2D eigenvalue weighted by Crippen LogP contribution is -2.50. The Morgan fingerprint density at radius 2 is 1.89 bits per heavy atom. The van der Waals surface area contributed by atoms with E-state index in [2.05, 4.69) is 9.97 Å². The molecule has 1 N–H and O–H groups in total. The van der Waals surface area contributed by atoms with Crippen molar-refractivity contribution in [2.75, 3.05) is 13.2 Å². The molecule has 1 aliphatic rings. The van der Waals surface area contributed by atoms with Crippen molar-refractivity contribution in [1.29, 1.82) is 0 Å². The quantitative estimate of drug-likeness (QED) is 0.399. The molecule has 12 heteroatoms. The van der Waals surface area contributed by atoms with E-state index in [1.54, 1.807) is 26.0 Å². The van der Waals surface area contributed by atoms with Crippen LogP contribution in [0.2, 0.25) is 5.02 Å². The van der Waals surface area contributed by atoms with Crippen molar-refractivity contribution in [2.45, 2.75) is 26.1 Å². The Kier molecular flexibility index (Phi) is 6.59. The van der Waals surface area contributed by atoms with Gasteiger partial charge in [0.1, 0.15) is 40.3 Å². The first-order valence-corrected chi connectivity index (χ1v) is 11.8. The normalized spacial score (nSPS) is 14.3. The number of hydrogen-bond acceptors (Lipinski definition) is 7. The largest absolute Gasteiger partial charge is 0.485 e. The van der Waals surface area contributed by atoms with Crippen LogP contribution in [0.15, 0.2) is 58.5 Å². The first-order chi connectivity index (χ1) is 18.1. The molecule has 4 aromatic heterocycles.